The summed E-state index contributed by atoms with van der Waals surface area (Å²) >= 11 is 3.17. The Morgan fingerprint density at radius 3 is 2.90 bits per heavy atom. The topological polar surface area (TPSA) is 73.1 Å². The zero-order valence-electron chi connectivity index (χ0n) is 10.7. The number of para-hydroxylation sites is 1. The van der Waals surface area contributed by atoms with E-state index < -0.39 is 0 Å². The summed E-state index contributed by atoms with van der Waals surface area (Å²) in [6.45, 7) is 0. The molecule has 2 aromatic heterocycles. The molecule has 7 heteroatoms. The summed E-state index contributed by atoms with van der Waals surface area (Å²) in [4.78, 5) is 9.62. The molecule has 0 aliphatic carbocycles. The first-order valence-corrected chi connectivity index (χ1v) is 7.95. The van der Waals surface area contributed by atoms with Crippen molar-refractivity contribution in [1.82, 2.24) is 9.97 Å². The molecule has 0 saturated carbocycles. The van der Waals surface area contributed by atoms with Crippen molar-refractivity contribution in [2.24, 2.45) is 5.84 Å². The van der Waals surface area contributed by atoms with E-state index in [-0.39, 0.29) is 0 Å². The van der Waals surface area contributed by atoms with Gasteiger partial charge in [-0.1, -0.05) is 12.1 Å². The van der Waals surface area contributed by atoms with Crippen molar-refractivity contribution in [3.05, 3.63) is 35.7 Å². The number of nitrogens with two attached hydrogens (primary N) is 1. The van der Waals surface area contributed by atoms with Crippen molar-refractivity contribution in [1.29, 1.82) is 0 Å². The van der Waals surface area contributed by atoms with Crippen LogP contribution in [0, 0.1) is 0 Å². The summed E-state index contributed by atoms with van der Waals surface area (Å²) in [5.41, 5.74) is 3.28. The summed E-state index contributed by atoms with van der Waals surface area (Å²) in [7, 11) is 0. The van der Waals surface area contributed by atoms with E-state index in [1.807, 2.05) is 42.0 Å². The molecule has 3 aromatic rings. The Hall–Kier alpha value is -1.83. The quantitative estimate of drug-likeness (QED) is 0.437. The number of fused-ring (bicyclic) bond motifs is 1. The molecule has 0 aliphatic heterocycles. The number of rotatable bonds is 4. The van der Waals surface area contributed by atoms with E-state index in [0.29, 0.717) is 11.8 Å². The normalized spacial score (nSPS) is 10.7. The van der Waals surface area contributed by atoms with E-state index in [4.69, 9.17) is 10.6 Å². The molecule has 5 nitrogen and oxygen atoms in total. The fourth-order valence-electron chi connectivity index (χ4n) is 1.78. The lowest BCUT2D eigenvalue weighted by Crippen LogP contribution is -2.10. The SMILES string of the molecule is CSc1ccccc1Oc1nc(NN)nc2ccsc12. The number of nitrogen functional groups attached to an aromatic ring is 1. The minimum absolute atomic E-state index is 0.340. The first-order valence-electron chi connectivity index (χ1n) is 5.84. The van der Waals surface area contributed by atoms with Gasteiger partial charge in [0.05, 0.1) is 5.52 Å². The number of thiophene rings is 1. The molecule has 0 amide bonds. The molecular weight excluding hydrogens is 292 g/mol. The molecule has 3 rings (SSSR count). The Morgan fingerprint density at radius 1 is 1.25 bits per heavy atom. The fraction of sp³-hybridized carbons (Fsp3) is 0.0769. The van der Waals surface area contributed by atoms with Gasteiger partial charge in [-0.3, -0.25) is 5.43 Å². The van der Waals surface area contributed by atoms with Crippen LogP contribution in [-0.4, -0.2) is 16.2 Å². The Morgan fingerprint density at radius 2 is 2.10 bits per heavy atom. The maximum atomic E-state index is 5.96. The third-order valence-corrected chi connectivity index (χ3v) is 4.35. The monoisotopic (exact) mass is 304 g/mol. The lowest BCUT2D eigenvalue weighted by Gasteiger charge is -2.10. The number of benzene rings is 1. The molecule has 1 aromatic carbocycles. The van der Waals surface area contributed by atoms with Gasteiger partial charge >= 0.3 is 0 Å². The van der Waals surface area contributed by atoms with Crippen molar-refractivity contribution in [2.75, 3.05) is 11.7 Å². The summed E-state index contributed by atoms with van der Waals surface area (Å²) < 4.78 is 6.86. The van der Waals surface area contributed by atoms with Crippen LogP contribution in [0.4, 0.5) is 5.95 Å². The predicted octanol–water partition coefficient (Wildman–Crippen LogP) is 3.49. The van der Waals surface area contributed by atoms with E-state index in [9.17, 15) is 0 Å². The van der Waals surface area contributed by atoms with E-state index in [0.717, 1.165) is 20.9 Å². The van der Waals surface area contributed by atoms with Gasteiger partial charge in [0.1, 0.15) is 10.4 Å². The maximum Gasteiger partial charge on any atom is 0.242 e. The van der Waals surface area contributed by atoms with E-state index in [1.165, 1.54) is 0 Å². The number of nitrogens with one attached hydrogen (secondary N) is 1. The smallest absolute Gasteiger partial charge is 0.242 e. The number of hydrogen-bond donors (Lipinski definition) is 2. The molecule has 0 bridgehead atoms. The van der Waals surface area contributed by atoms with Gasteiger partial charge in [-0.25, -0.2) is 10.8 Å². The van der Waals surface area contributed by atoms with Gasteiger partial charge < -0.3 is 4.74 Å². The third-order valence-electron chi connectivity index (χ3n) is 2.68. The molecule has 0 fully saturated rings. The van der Waals surface area contributed by atoms with Crippen molar-refractivity contribution in [2.45, 2.75) is 4.90 Å². The number of hydrazine groups is 1. The van der Waals surface area contributed by atoms with E-state index in [2.05, 4.69) is 15.4 Å². The molecule has 3 N–H and O–H groups in total. The van der Waals surface area contributed by atoms with Gasteiger partial charge in [-0.15, -0.1) is 23.1 Å². The lowest BCUT2D eigenvalue weighted by atomic mass is 10.3. The molecule has 0 atom stereocenters. The van der Waals surface area contributed by atoms with Crippen LogP contribution in [0.1, 0.15) is 0 Å². The second-order valence-electron chi connectivity index (χ2n) is 3.88. The highest BCUT2D eigenvalue weighted by molar-refractivity contribution is 7.98. The third kappa shape index (κ3) is 2.43. The molecular formula is C13H12N4OS2. The lowest BCUT2D eigenvalue weighted by molar-refractivity contribution is 0.459. The van der Waals surface area contributed by atoms with Crippen LogP contribution in [0.5, 0.6) is 11.6 Å². The first kappa shape index (κ1) is 13.2. The van der Waals surface area contributed by atoms with Crippen LogP contribution in [0.25, 0.3) is 10.2 Å². The molecule has 102 valence electrons. The Kier molecular flexibility index (Phi) is 3.72. The van der Waals surface area contributed by atoms with Crippen LogP contribution in [-0.2, 0) is 0 Å². The molecule has 0 spiro atoms. The van der Waals surface area contributed by atoms with E-state index >= 15 is 0 Å². The molecule has 0 unspecified atom stereocenters. The van der Waals surface area contributed by atoms with Gasteiger partial charge in [0.2, 0.25) is 11.8 Å². The first-order chi connectivity index (χ1) is 9.81. The van der Waals surface area contributed by atoms with Gasteiger partial charge in [0.25, 0.3) is 0 Å². The second kappa shape index (κ2) is 5.66. The number of hydrogen-bond acceptors (Lipinski definition) is 7. The van der Waals surface area contributed by atoms with Crippen LogP contribution in [0.15, 0.2) is 40.6 Å². The highest BCUT2D eigenvalue weighted by Crippen LogP contribution is 2.35. The minimum Gasteiger partial charge on any atom is -0.436 e. The summed E-state index contributed by atoms with van der Waals surface area (Å²) in [5.74, 6) is 7.02. The summed E-state index contributed by atoms with van der Waals surface area (Å²) in [6.07, 6.45) is 2.01. The average molecular weight is 304 g/mol. The number of nitrogens with zero attached hydrogens (tertiary/aromatic N) is 2. The van der Waals surface area contributed by atoms with Crippen molar-refractivity contribution >= 4 is 39.3 Å². The molecule has 0 radical (unpaired) electrons. The van der Waals surface area contributed by atoms with Gasteiger partial charge in [-0.05, 0) is 29.8 Å². The van der Waals surface area contributed by atoms with Gasteiger partial charge in [-0.2, -0.15) is 4.98 Å². The standard InChI is InChI=1S/C13H12N4OS2/c1-19-10-5-3-2-4-9(10)18-12-11-8(6-7-20-11)15-13(16-12)17-14/h2-7H,14H2,1H3,(H,15,16,17). The molecule has 0 saturated heterocycles. The zero-order chi connectivity index (χ0) is 13.9. The Labute approximate surface area is 124 Å². The highest BCUT2D eigenvalue weighted by Gasteiger charge is 2.12. The van der Waals surface area contributed by atoms with Crippen LogP contribution < -0.4 is 16.0 Å². The second-order valence-corrected chi connectivity index (χ2v) is 5.65. The molecule has 20 heavy (non-hydrogen) atoms. The number of ether oxygens (including phenoxy) is 1. The van der Waals surface area contributed by atoms with Crippen molar-refractivity contribution in [3.8, 4) is 11.6 Å². The van der Waals surface area contributed by atoms with E-state index in [1.54, 1.807) is 23.1 Å². The highest BCUT2D eigenvalue weighted by atomic mass is 32.2. The van der Waals surface area contributed by atoms with Crippen LogP contribution in [0.2, 0.25) is 0 Å². The predicted molar refractivity (Wildman–Crippen MR) is 83.5 cm³/mol. The van der Waals surface area contributed by atoms with Gasteiger partial charge in [0, 0.05) is 4.90 Å². The fourth-order valence-corrected chi connectivity index (χ4v) is 3.06. The van der Waals surface area contributed by atoms with Crippen molar-refractivity contribution < 1.29 is 4.74 Å². The average Bonchev–Trinajstić information content (AvgIpc) is 2.96. The van der Waals surface area contributed by atoms with Crippen LogP contribution >= 0.6 is 23.1 Å². The minimum atomic E-state index is 0.340. The molecule has 0 aliphatic rings. The number of anilines is 1. The van der Waals surface area contributed by atoms with Crippen LogP contribution in [0.3, 0.4) is 0 Å². The van der Waals surface area contributed by atoms with Gasteiger partial charge in [0.15, 0.2) is 0 Å². The van der Waals surface area contributed by atoms with Crippen molar-refractivity contribution in [3.63, 3.8) is 0 Å². The number of thioether (sulfide) groups is 1. The number of aromatic nitrogens is 2. The zero-order valence-corrected chi connectivity index (χ0v) is 12.3. The summed E-state index contributed by atoms with van der Waals surface area (Å²) in [5, 5.41) is 1.95. The molecule has 2 heterocycles. The maximum absolute atomic E-state index is 5.96. The Bertz CT molecular complexity index is 744. The Balaban J connectivity index is 2.07. The summed E-state index contributed by atoms with van der Waals surface area (Å²) in [6, 6.07) is 9.75. The largest absolute Gasteiger partial charge is 0.436 e.